The van der Waals surface area contributed by atoms with Crippen LogP contribution in [0.2, 0.25) is 0 Å². The number of nitrogens with zero attached hydrogens (tertiary/aromatic N) is 2. The van der Waals surface area contributed by atoms with Gasteiger partial charge >= 0.3 is 0 Å². The lowest BCUT2D eigenvalue weighted by Crippen LogP contribution is -2.29. The Morgan fingerprint density at radius 1 is 0.929 bits per heavy atom. The van der Waals surface area contributed by atoms with E-state index in [9.17, 15) is 19.8 Å². The Morgan fingerprint density at radius 3 is 2.29 bits per heavy atom. The quantitative estimate of drug-likeness (QED) is 0.418. The number of pyridine rings is 1. The number of aromatic hydroxyl groups is 1. The van der Waals surface area contributed by atoms with Gasteiger partial charge in [0.05, 0.1) is 23.5 Å². The average Bonchev–Trinajstić information content (AvgIpc) is 3.00. The van der Waals surface area contributed by atoms with E-state index in [2.05, 4.69) is 4.98 Å². The Hall–Kier alpha value is -3.93. The number of hydrogen-bond acceptors (Lipinski definition) is 5. The minimum Gasteiger partial charge on any atom is -0.508 e. The topological polar surface area (TPSA) is 90.7 Å². The van der Waals surface area contributed by atoms with Crippen LogP contribution < -0.4 is 4.90 Å². The summed E-state index contributed by atoms with van der Waals surface area (Å²) in [5, 5.41) is 20.5. The molecule has 4 rings (SSSR count). The van der Waals surface area contributed by atoms with Crippen molar-refractivity contribution in [2.45, 2.75) is 6.04 Å². The molecule has 3 aromatic rings. The summed E-state index contributed by atoms with van der Waals surface area (Å²) in [5.74, 6) is -1.71. The van der Waals surface area contributed by atoms with Crippen LogP contribution in [0.4, 0.5) is 5.69 Å². The molecule has 0 saturated carbocycles. The fourth-order valence-electron chi connectivity index (χ4n) is 3.32. The molecule has 28 heavy (non-hydrogen) atoms. The first-order valence-corrected chi connectivity index (χ1v) is 8.63. The summed E-state index contributed by atoms with van der Waals surface area (Å²) >= 11 is 0. The van der Waals surface area contributed by atoms with Crippen molar-refractivity contribution in [2.24, 2.45) is 0 Å². The van der Waals surface area contributed by atoms with Crippen molar-refractivity contribution in [1.29, 1.82) is 0 Å². The fraction of sp³-hybridized carbons (Fsp3) is 0.0455. The third kappa shape index (κ3) is 2.91. The highest BCUT2D eigenvalue weighted by atomic mass is 16.3. The van der Waals surface area contributed by atoms with Gasteiger partial charge in [-0.15, -0.1) is 0 Å². The summed E-state index contributed by atoms with van der Waals surface area (Å²) in [6, 6.07) is 17.3. The average molecular weight is 372 g/mol. The molecule has 2 heterocycles. The number of amides is 1. The van der Waals surface area contributed by atoms with Gasteiger partial charge in [0.15, 0.2) is 0 Å². The van der Waals surface area contributed by atoms with Crippen LogP contribution in [0, 0.1) is 0 Å². The first-order chi connectivity index (χ1) is 13.6. The number of aromatic nitrogens is 1. The number of benzene rings is 2. The van der Waals surface area contributed by atoms with E-state index in [1.54, 1.807) is 60.8 Å². The standard InChI is InChI=1S/C22H16N2O4/c25-17-10-8-14(9-11-17)19-18(20(26)15-5-2-1-3-6-15)21(27)22(28)24(19)16-7-4-12-23-13-16/h1-13,19,25-26H/t19-/m0/s1. The lowest BCUT2D eigenvalue weighted by molar-refractivity contribution is -0.132. The molecule has 138 valence electrons. The van der Waals surface area contributed by atoms with Crippen LogP contribution in [0.1, 0.15) is 17.2 Å². The number of phenols is 1. The zero-order chi connectivity index (χ0) is 19.7. The monoisotopic (exact) mass is 372 g/mol. The van der Waals surface area contributed by atoms with Gasteiger partial charge in [-0.25, -0.2) is 0 Å². The molecule has 1 aliphatic rings. The Labute approximate surface area is 161 Å². The van der Waals surface area contributed by atoms with E-state index in [4.69, 9.17) is 0 Å². The maximum absolute atomic E-state index is 12.9. The molecular formula is C22H16N2O4. The molecule has 1 fully saturated rings. The van der Waals surface area contributed by atoms with Gasteiger partial charge in [0.2, 0.25) is 0 Å². The largest absolute Gasteiger partial charge is 0.508 e. The second-order valence-corrected chi connectivity index (χ2v) is 6.34. The summed E-state index contributed by atoms with van der Waals surface area (Å²) < 4.78 is 0. The number of Topliss-reactive ketones (excluding diaryl/α,β-unsaturated/α-hetero) is 1. The third-order valence-corrected chi connectivity index (χ3v) is 4.62. The molecule has 1 amide bonds. The van der Waals surface area contributed by atoms with Crippen molar-refractivity contribution in [3.63, 3.8) is 0 Å². The molecule has 0 spiro atoms. The summed E-state index contributed by atoms with van der Waals surface area (Å²) in [4.78, 5) is 31.1. The lowest BCUT2D eigenvalue weighted by Gasteiger charge is -2.25. The highest BCUT2D eigenvalue weighted by Crippen LogP contribution is 2.42. The Balaban J connectivity index is 1.95. The Kier molecular flexibility index (Phi) is 4.37. The van der Waals surface area contributed by atoms with Gasteiger partial charge in [-0.1, -0.05) is 42.5 Å². The number of anilines is 1. The van der Waals surface area contributed by atoms with Gasteiger partial charge in [0, 0.05) is 11.8 Å². The van der Waals surface area contributed by atoms with E-state index in [0.717, 1.165) is 0 Å². The van der Waals surface area contributed by atoms with Gasteiger partial charge in [-0.2, -0.15) is 0 Å². The highest BCUT2D eigenvalue weighted by Gasteiger charge is 2.47. The molecule has 2 N–H and O–H groups in total. The first kappa shape index (κ1) is 17.5. The molecular weight excluding hydrogens is 356 g/mol. The van der Waals surface area contributed by atoms with E-state index < -0.39 is 17.7 Å². The smallest absolute Gasteiger partial charge is 0.300 e. The zero-order valence-corrected chi connectivity index (χ0v) is 14.7. The van der Waals surface area contributed by atoms with Crippen LogP contribution >= 0.6 is 0 Å². The van der Waals surface area contributed by atoms with Gasteiger partial charge < -0.3 is 10.2 Å². The Morgan fingerprint density at radius 2 is 1.64 bits per heavy atom. The molecule has 2 aromatic carbocycles. The molecule has 0 radical (unpaired) electrons. The number of rotatable bonds is 3. The summed E-state index contributed by atoms with van der Waals surface area (Å²) in [6.45, 7) is 0. The van der Waals surface area contributed by atoms with Crippen molar-refractivity contribution < 1.29 is 19.8 Å². The minimum absolute atomic E-state index is 0.00857. The van der Waals surface area contributed by atoms with Crippen LogP contribution in [0.15, 0.2) is 84.7 Å². The van der Waals surface area contributed by atoms with E-state index in [1.165, 1.54) is 23.2 Å². The van der Waals surface area contributed by atoms with Crippen LogP contribution in [-0.4, -0.2) is 26.9 Å². The number of hydrogen-bond donors (Lipinski definition) is 2. The third-order valence-electron chi connectivity index (χ3n) is 4.62. The number of phenolic OH excluding ortho intramolecular Hbond substituents is 1. The van der Waals surface area contributed by atoms with E-state index >= 15 is 0 Å². The van der Waals surface area contributed by atoms with E-state index in [-0.39, 0.29) is 17.1 Å². The molecule has 1 atom stereocenters. The molecule has 0 unspecified atom stereocenters. The van der Waals surface area contributed by atoms with Crippen molar-refractivity contribution in [2.75, 3.05) is 4.90 Å². The first-order valence-electron chi connectivity index (χ1n) is 8.63. The van der Waals surface area contributed by atoms with E-state index in [0.29, 0.717) is 16.8 Å². The minimum atomic E-state index is -0.843. The summed E-state index contributed by atoms with van der Waals surface area (Å²) in [5.41, 5.74) is 1.45. The molecule has 1 aromatic heterocycles. The van der Waals surface area contributed by atoms with Crippen molar-refractivity contribution >= 4 is 23.1 Å². The summed E-state index contributed by atoms with van der Waals surface area (Å²) in [6.07, 6.45) is 3.06. The maximum Gasteiger partial charge on any atom is 0.300 e. The van der Waals surface area contributed by atoms with E-state index in [1.807, 2.05) is 0 Å². The zero-order valence-electron chi connectivity index (χ0n) is 14.7. The van der Waals surface area contributed by atoms with Crippen LogP contribution in [0.5, 0.6) is 5.75 Å². The predicted octanol–water partition coefficient (Wildman–Crippen LogP) is 3.41. The van der Waals surface area contributed by atoms with Crippen LogP contribution in [-0.2, 0) is 9.59 Å². The van der Waals surface area contributed by atoms with Crippen molar-refractivity contribution in [3.8, 4) is 5.75 Å². The maximum atomic E-state index is 12.9. The fourth-order valence-corrected chi connectivity index (χ4v) is 3.32. The Bertz CT molecular complexity index is 1060. The van der Waals surface area contributed by atoms with Gasteiger partial charge in [-0.05, 0) is 29.8 Å². The van der Waals surface area contributed by atoms with Gasteiger partial charge in [0.1, 0.15) is 11.5 Å². The molecule has 6 nitrogen and oxygen atoms in total. The second kappa shape index (κ2) is 7.00. The lowest BCUT2D eigenvalue weighted by atomic mass is 9.95. The second-order valence-electron chi connectivity index (χ2n) is 6.34. The van der Waals surface area contributed by atoms with Crippen LogP contribution in [0.3, 0.4) is 0 Å². The number of ketones is 1. The molecule has 1 aliphatic heterocycles. The molecule has 0 bridgehead atoms. The van der Waals surface area contributed by atoms with Crippen molar-refractivity contribution in [3.05, 3.63) is 95.8 Å². The molecule has 6 heteroatoms. The summed E-state index contributed by atoms with van der Waals surface area (Å²) in [7, 11) is 0. The normalized spacial score (nSPS) is 18.4. The van der Waals surface area contributed by atoms with Gasteiger partial charge in [0.25, 0.3) is 11.7 Å². The SMILES string of the molecule is O=C1C(=O)N(c2cccnc2)[C@@H](c2ccc(O)cc2)C1=C(O)c1ccccc1. The highest BCUT2D eigenvalue weighted by molar-refractivity contribution is 6.51. The van der Waals surface area contributed by atoms with Crippen LogP contribution in [0.25, 0.3) is 5.76 Å². The van der Waals surface area contributed by atoms with Crippen molar-refractivity contribution in [1.82, 2.24) is 4.98 Å². The van der Waals surface area contributed by atoms with Gasteiger partial charge in [-0.3, -0.25) is 19.5 Å². The number of aliphatic hydroxyl groups is 1. The predicted molar refractivity (Wildman–Crippen MR) is 104 cm³/mol. The number of carbonyl (C=O) groups excluding carboxylic acids is 2. The number of aliphatic hydroxyl groups excluding tert-OH is 1. The molecule has 0 aliphatic carbocycles. The molecule has 1 saturated heterocycles. The number of carbonyl (C=O) groups is 2.